The van der Waals surface area contributed by atoms with E-state index in [1.165, 1.54) is 12.1 Å². The summed E-state index contributed by atoms with van der Waals surface area (Å²) in [5.74, 6) is 0.0257. The first-order valence-electron chi connectivity index (χ1n) is 7.71. The van der Waals surface area contributed by atoms with Crippen molar-refractivity contribution in [2.24, 2.45) is 5.10 Å². The average molecular weight is 501 g/mol. The lowest BCUT2D eigenvalue weighted by Gasteiger charge is -2.10. The van der Waals surface area contributed by atoms with Gasteiger partial charge in [0, 0.05) is 12.1 Å². The molecular weight excluding hydrogens is 486 g/mol. The second-order valence-corrected chi connectivity index (χ2v) is 6.79. The summed E-state index contributed by atoms with van der Waals surface area (Å²) in [5, 5.41) is 14.7. The molecule has 0 aliphatic heterocycles. The Kier molecular flexibility index (Phi) is 7.74. The molecule has 0 aromatic heterocycles. The average Bonchev–Trinajstić information content (AvgIpc) is 2.61. The molecule has 2 aromatic carbocycles. The lowest BCUT2D eigenvalue weighted by molar-refractivity contribution is -0.384. The van der Waals surface area contributed by atoms with E-state index in [1.807, 2.05) is 0 Å². The van der Waals surface area contributed by atoms with Gasteiger partial charge in [-0.3, -0.25) is 15.5 Å². The van der Waals surface area contributed by atoms with Gasteiger partial charge in [0.15, 0.2) is 6.61 Å². The van der Waals surface area contributed by atoms with Gasteiger partial charge in [-0.05, 0) is 68.6 Å². The number of nitro groups is 1. The Hall–Kier alpha value is -2.46. The smallest absolute Gasteiger partial charge is 0.344 e. The SMILES string of the molecule is CCOC(=O)COc1c(Br)cc(/C=N/Nc2ccc([N+](=O)[O-])cc2)cc1Br. The quantitative estimate of drug-likeness (QED) is 0.247. The summed E-state index contributed by atoms with van der Waals surface area (Å²) in [6.07, 6.45) is 1.58. The number of hydrogen-bond donors (Lipinski definition) is 1. The number of carbonyl (C=O) groups excluding carboxylic acids is 1. The van der Waals surface area contributed by atoms with Crippen LogP contribution in [0.3, 0.4) is 0 Å². The highest BCUT2D eigenvalue weighted by atomic mass is 79.9. The van der Waals surface area contributed by atoms with Crippen molar-refractivity contribution < 1.29 is 19.2 Å². The van der Waals surface area contributed by atoms with Crippen LogP contribution in [-0.4, -0.2) is 30.3 Å². The predicted octanol–water partition coefficient (Wildman–Crippen LogP) is 4.51. The third-order valence-corrected chi connectivity index (χ3v) is 4.32. The molecule has 0 radical (unpaired) electrons. The molecule has 0 fully saturated rings. The molecule has 8 nitrogen and oxygen atoms in total. The first-order valence-corrected chi connectivity index (χ1v) is 9.30. The van der Waals surface area contributed by atoms with Crippen molar-refractivity contribution in [3.63, 3.8) is 0 Å². The number of carbonyl (C=O) groups is 1. The van der Waals surface area contributed by atoms with Gasteiger partial charge in [-0.25, -0.2) is 4.79 Å². The molecule has 0 atom stereocenters. The zero-order valence-corrected chi connectivity index (χ0v) is 17.3. The number of hydrazone groups is 1. The molecule has 2 rings (SSSR count). The molecule has 0 aliphatic carbocycles. The molecule has 142 valence electrons. The van der Waals surface area contributed by atoms with Crippen LogP contribution in [0.15, 0.2) is 50.4 Å². The third kappa shape index (κ3) is 6.33. The number of nitrogens with zero attached hydrogens (tertiary/aromatic N) is 2. The zero-order chi connectivity index (χ0) is 19.8. The molecule has 2 aromatic rings. The van der Waals surface area contributed by atoms with Gasteiger partial charge in [-0.15, -0.1) is 0 Å². The van der Waals surface area contributed by atoms with E-state index in [1.54, 1.807) is 37.4 Å². The van der Waals surface area contributed by atoms with Gasteiger partial charge in [0.25, 0.3) is 5.69 Å². The molecule has 0 heterocycles. The normalized spacial score (nSPS) is 10.6. The highest BCUT2D eigenvalue weighted by Crippen LogP contribution is 2.34. The molecule has 0 unspecified atom stereocenters. The van der Waals surface area contributed by atoms with E-state index >= 15 is 0 Å². The molecule has 10 heteroatoms. The number of benzene rings is 2. The van der Waals surface area contributed by atoms with Crippen molar-refractivity contribution in [1.82, 2.24) is 0 Å². The van der Waals surface area contributed by atoms with Crippen LogP contribution in [-0.2, 0) is 9.53 Å². The molecule has 0 aliphatic rings. The Morgan fingerprint density at radius 1 is 1.26 bits per heavy atom. The van der Waals surface area contributed by atoms with Crippen LogP contribution >= 0.6 is 31.9 Å². The molecule has 0 spiro atoms. The van der Waals surface area contributed by atoms with Gasteiger partial charge >= 0.3 is 5.97 Å². The van der Waals surface area contributed by atoms with Crippen molar-refractivity contribution in [3.05, 3.63) is 61.0 Å². The minimum Gasteiger partial charge on any atom is -0.480 e. The second kappa shape index (κ2) is 10.0. The van der Waals surface area contributed by atoms with Gasteiger partial charge in [-0.2, -0.15) is 5.10 Å². The van der Waals surface area contributed by atoms with E-state index in [9.17, 15) is 14.9 Å². The fourth-order valence-corrected chi connectivity index (χ4v) is 3.42. The van der Waals surface area contributed by atoms with Crippen LogP contribution in [0.25, 0.3) is 0 Å². The van der Waals surface area contributed by atoms with Crippen molar-refractivity contribution in [3.8, 4) is 5.75 Å². The topological polar surface area (TPSA) is 103 Å². The summed E-state index contributed by atoms with van der Waals surface area (Å²) in [6.45, 7) is 1.82. The zero-order valence-electron chi connectivity index (χ0n) is 14.1. The summed E-state index contributed by atoms with van der Waals surface area (Å²) in [6, 6.07) is 9.45. The number of nitro benzene ring substituents is 1. The number of esters is 1. The molecule has 27 heavy (non-hydrogen) atoms. The van der Waals surface area contributed by atoms with Gasteiger partial charge in [0.05, 0.1) is 32.4 Å². The first-order chi connectivity index (χ1) is 12.9. The Bertz CT molecular complexity index is 833. The van der Waals surface area contributed by atoms with Crippen molar-refractivity contribution in [2.45, 2.75) is 6.92 Å². The number of non-ortho nitro benzene ring substituents is 1. The maximum absolute atomic E-state index is 11.4. The first kappa shape index (κ1) is 20.8. The van der Waals surface area contributed by atoms with Crippen molar-refractivity contribution in [1.29, 1.82) is 0 Å². The summed E-state index contributed by atoms with van der Waals surface area (Å²) < 4.78 is 11.6. The third-order valence-electron chi connectivity index (χ3n) is 3.15. The van der Waals surface area contributed by atoms with Crippen LogP contribution < -0.4 is 10.2 Å². The number of nitrogens with one attached hydrogen (secondary N) is 1. The Morgan fingerprint density at radius 3 is 2.44 bits per heavy atom. The van der Waals surface area contributed by atoms with E-state index < -0.39 is 10.9 Å². The maximum Gasteiger partial charge on any atom is 0.344 e. The van der Waals surface area contributed by atoms with E-state index in [0.717, 1.165) is 5.56 Å². The van der Waals surface area contributed by atoms with E-state index in [0.29, 0.717) is 27.0 Å². The van der Waals surface area contributed by atoms with Crippen molar-refractivity contribution >= 4 is 55.4 Å². The maximum atomic E-state index is 11.4. The van der Waals surface area contributed by atoms with Gasteiger partial charge < -0.3 is 9.47 Å². The van der Waals surface area contributed by atoms with Crippen LogP contribution in [0.2, 0.25) is 0 Å². The Labute approximate surface area is 172 Å². The summed E-state index contributed by atoms with van der Waals surface area (Å²) in [5.41, 5.74) is 4.17. The number of rotatable bonds is 8. The largest absolute Gasteiger partial charge is 0.480 e. The van der Waals surface area contributed by atoms with Crippen LogP contribution in [0.4, 0.5) is 11.4 Å². The Balaban J connectivity index is 2.01. The van der Waals surface area contributed by atoms with E-state index in [4.69, 9.17) is 9.47 Å². The van der Waals surface area contributed by atoms with E-state index in [-0.39, 0.29) is 12.3 Å². The number of halogens is 2. The van der Waals surface area contributed by atoms with Gasteiger partial charge in [-0.1, -0.05) is 0 Å². The molecule has 0 saturated heterocycles. The minimum atomic E-state index is -0.465. The predicted molar refractivity (Wildman–Crippen MR) is 108 cm³/mol. The fraction of sp³-hybridized carbons (Fsp3) is 0.176. The lowest BCUT2D eigenvalue weighted by Crippen LogP contribution is -2.15. The standard InChI is InChI=1S/C17H15Br2N3O5/c1-2-26-16(23)10-27-17-14(18)7-11(8-15(17)19)9-20-21-12-3-5-13(6-4-12)22(24)25/h3-9,21H,2,10H2,1H3/b20-9+. The van der Waals surface area contributed by atoms with E-state index in [2.05, 4.69) is 42.4 Å². The van der Waals surface area contributed by atoms with Crippen molar-refractivity contribution in [2.75, 3.05) is 18.6 Å². The second-order valence-electron chi connectivity index (χ2n) is 5.08. The highest BCUT2D eigenvalue weighted by molar-refractivity contribution is 9.11. The van der Waals surface area contributed by atoms with Gasteiger partial charge in [0.2, 0.25) is 0 Å². The molecule has 0 bridgehead atoms. The number of hydrogen-bond acceptors (Lipinski definition) is 7. The number of ether oxygens (including phenoxy) is 2. The lowest BCUT2D eigenvalue weighted by atomic mass is 10.2. The minimum absolute atomic E-state index is 0.01000. The monoisotopic (exact) mass is 499 g/mol. The molecular formula is C17H15Br2N3O5. The summed E-state index contributed by atoms with van der Waals surface area (Å²) in [4.78, 5) is 21.6. The fourth-order valence-electron chi connectivity index (χ4n) is 1.96. The molecule has 0 amide bonds. The van der Waals surface area contributed by atoms with Gasteiger partial charge in [0.1, 0.15) is 5.75 Å². The summed E-state index contributed by atoms with van der Waals surface area (Å²) in [7, 11) is 0. The molecule has 1 N–H and O–H groups in total. The summed E-state index contributed by atoms with van der Waals surface area (Å²) >= 11 is 6.78. The number of anilines is 1. The highest BCUT2D eigenvalue weighted by Gasteiger charge is 2.11. The van der Waals surface area contributed by atoms with Crippen LogP contribution in [0, 0.1) is 10.1 Å². The van der Waals surface area contributed by atoms with Crippen LogP contribution in [0.1, 0.15) is 12.5 Å². The Morgan fingerprint density at radius 2 is 1.89 bits per heavy atom. The van der Waals surface area contributed by atoms with Crippen LogP contribution in [0.5, 0.6) is 5.75 Å². The molecule has 0 saturated carbocycles.